The Morgan fingerprint density at radius 2 is 2.04 bits per heavy atom. The number of anilines is 1. The molecule has 0 saturated heterocycles. The lowest BCUT2D eigenvalue weighted by molar-refractivity contribution is -0.384. The van der Waals surface area contributed by atoms with Gasteiger partial charge in [-0.2, -0.15) is 15.5 Å². The summed E-state index contributed by atoms with van der Waals surface area (Å²) >= 11 is 0. The summed E-state index contributed by atoms with van der Waals surface area (Å²) in [6.07, 6.45) is 0. The highest BCUT2D eigenvalue weighted by Crippen LogP contribution is 2.36. The molecule has 2 aromatic rings. The van der Waals surface area contributed by atoms with Crippen LogP contribution in [0.5, 0.6) is 5.88 Å². The van der Waals surface area contributed by atoms with Crippen LogP contribution in [-0.2, 0) is 0 Å². The van der Waals surface area contributed by atoms with Crippen LogP contribution in [-0.4, -0.2) is 16.5 Å². The normalized spacial score (nSPS) is 9.70. The number of nitro benzene ring substituents is 1. The molecular weight excluding hydrogens is 298 g/mol. The Morgan fingerprint density at radius 1 is 1.35 bits per heavy atom. The third-order valence-electron chi connectivity index (χ3n) is 3.04. The van der Waals surface area contributed by atoms with Gasteiger partial charge in [-0.25, -0.2) is 0 Å². The minimum Gasteiger partial charge on any atom is -0.477 e. The molecule has 2 N–H and O–H groups in total. The highest BCUT2D eigenvalue weighted by Gasteiger charge is 2.22. The second kappa shape index (κ2) is 6.41. The van der Waals surface area contributed by atoms with E-state index in [-0.39, 0.29) is 40.7 Å². The van der Waals surface area contributed by atoms with Gasteiger partial charge in [0.15, 0.2) is 0 Å². The van der Waals surface area contributed by atoms with Crippen LogP contribution < -0.4 is 10.5 Å². The molecule has 0 spiro atoms. The molecule has 2 rings (SSSR count). The zero-order valence-electron chi connectivity index (χ0n) is 12.1. The van der Waals surface area contributed by atoms with Crippen LogP contribution in [0.1, 0.15) is 18.1 Å². The van der Waals surface area contributed by atoms with Crippen LogP contribution in [0.4, 0.5) is 11.5 Å². The summed E-state index contributed by atoms with van der Waals surface area (Å²) in [5.74, 6) is -0.107. The number of nitrogen functional groups attached to an aromatic ring is 1. The van der Waals surface area contributed by atoms with Gasteiger partial charge in [0, 0.05) is 17.7 Å². The largest absolute Gasteiger partial charge is 0.477 e. The molecule has 8 nitrogen and oxygen atoms in total. The maximum absolute atomic E-state index is 10.9. The summed E-state index contributed by atoms with van der Waals surface area (Å²) < 4.78 is 5.29. The zero-order chi connectivity index (χ0) is 17.0. The first-order valence-electron chi connectivity index (χ1n) is 6.54. The van der Waals surface area contributed by atoms with Crippen molar-refractivity contribution in [3.63, 3.8) is 0 Å². The molecule has 1 aromatic carbocycles. The lowest BCUT2D eigenvalue weighted by Gasteiger charge is -2.12. The smallest absolute Gasteiger partial charge is 0.270 e. The van der Waals surface area contributed by atoms with Crippen molar-refractivity contribution in [2.24, 2.45) is 0 Å². The van der Waals surface area contributed by atoms with Gasteiger partial charge in [-0.05, 0) is 12.5 Å². The van der Waals surface area contributed by atoms with E-state index < -0.39 is 4.92 Å². The van der Waals surface area contributed by atoms with Crippen molar-refractivity contribution in [2.75, 3.05) is 12.3 Å². The van der Waals surface area contributed by atoms with Crippen LogP contribution in [0.25, 0.3) is 11.1 Å². The highest BCUT2D eigenvalue weighted by atomic mass is 16.6. The molecular formula is C15H11N5O3. The number of pyridine rings is 1. The molecule has 0 bridgehead atoms. The van der Waals surface area contributed by atoms with E-state index in [9.17, 15) is 20.6 Å². The molecule has 1 heterocycles. The first kappa shape index (κ1) is 15.7. The Balaban J connectivity index is 2.84. The van der Waals surface area contributed by atoms with Gasteiger partial charge in [0.2, 0.25) is 5.88 Å². The van der Waals surface area contributed by atoms with Gasteiger partial charge >= 0.3 is 0 Å². The van der Waals surface area contributed by atoms with Crippen LogP contribution in [0.3, 0.4) is 0 Å². The molecule has 0 aliphatic rings. The second-order valence-corrected chi connectivity index (χ2v) is 4.39. The van der Waals surface area contributed by atoms with Gasteiger partial charge in [-0.1, -0.05) is 12.1 Å². The van der Waals surface area contributed by atoms with Gasteiger partial charge in [0.1, 0.15) is 29.1 Å². The number of benzene rings is 1. The number of nitriles is 2. The summed E-state index contributed by atoms with van der Waals surface area (Å²) in [4.78, 5) is 14.3. The number of hydrogen-bond donors (Lipinski definition) is 1. The predicted molar refractivity (Wildman–Crippen MR) is 81.3 cm³/mol. The fraction of sp³-hybridized carbons (Fsp3) is 0.133. The monoisotopic (exact) mass is 309 g/mol. The van der Waals surface area contributed by atoms with Crippen molar-refractivity contribution in [1.29, 1.82) is 10.5 Å². The zero-order valence-corrected chi connectivity index (χ0v) is 12.1. The number of ether oxygens (including phenoxy) is 1. The molecule has 0 amide bonds. The van der Waals surface area contributed by atoms with Gasteiger partial charge in [0.05, 0.1) is 11.5 Å². The molecule has 0 aliphatic carbocycles. The van der Waals surface area contributed by atoms with E-state index in [0.717, 1.165) is 0 Å². The number of nitrogens with two attached hydrogens (primary N) is 1. The lowest BCUT2D eigenvalue weighted by atomic mass is 9.96. The van der Waals surface area contributed by atoms with Gasteiger partial charge in [-0.15, -0.1) is 0 Å². The summed E-state index contributed by atoms with van der Waals surface area (Å²) in [5, 5.41) is 29.7. The average molecular weight is 309 g/mol. The summed E-state index contributed by atoms with van der Waals surface area (Å²) in [6, 6.07) is 9.43. The maximum atomic E-state index is 10.9. The Kier molecular flexibility index (Phi) is 4.39. The van der Waals surface area contributed by atoms with Crippen molar-refractivity contribution >= 4 is 11.5 Å². The number of rotatable bonds is 4. The Hall–Kier alpha value is -3.65. The standard InChI is InChI=1S/C15H11N5O3/c1-2-23-15-12(8-17)13(11(7-16)14(18)19-15)9-4-3-5-10(6-9)20(21)22/h3-6H,2H2,1H3,(H2,18,19). The minimum absolute atomic E-state index is 0.00648. The van der Waals surface area contributed by atoms with Gasteiger partial charge in [0.25, 0.3) is 5.69 Å². The molecule has 0 aliphatic heterocycles. The fourth-order valence-electron chi connectivity index (χ4n) is 2.10. The van der Waals surface area contributed by atoms with Crippen molar-refractivity contribution in [3.8, 4) is 29.1 Å². The molecule has 0 fully saturated rings. The quantitative estimate of drug-likeness (QED) is 0.675. The van der Waals surface area contributed by atoms with E-state index in [1.165, 1.54) is 18.2 Å². The van der Waals surface area contributed by atoms with E-state index in [0.29, 0.717) is 5.56 Å². The molecule has 114 valence electrons. The maximum Gasteiger partial charge on any atom is 0.270 e. The number of nitro groups is 1. The topological polar surface area (TPSA) is 139 Å². The summed E-state index contributed by atoms with van der Waals surface area (Å²) in [7, 11) is 0. The highest BCUT2D eigenvalue weighted by molar-refractivity contribution is 5.83. The van der Waals surface area contributed by atoms with Gasteiger partial charge in [-0.3, -0.25) is 10.1 Å². The van der Waals surface area contributed by atoms with Gasteiger partial charge < -0.3 is 10.5 Å². The Bertz CT molecular complexity index is 865. The third kappa shape index (κ3) is 2.87. The van der Waals surface area contributed by atoms with Crippen molar-refractivity contribution in [3.05, 3.63) is 45.5 Å². The minimum atomic E-state index is -0.560. The molecule has 0 saturated carbocycles. The van der Waals surface area contributed by atoms with Crippen molar-refractivity contribution in [2.45, 2.75) is 6.92 Å². The molecule has 8 heteroatoms. The van der Waals surface area contributed by atoms with Crippen LogP contribution in [0.2, 0.25) is 0 Å². The molecule has 23 heavy (non-hydrogen) atoms. The SMILES string of the molecule is CCOc1nc(N)c(C#N)c(-c2cccc([N+](=O)[O-])c2)c1C#N. The average Bonchev–Trinajstić information content (AvgIpc) is 2.54. The van der Waals surface area contributed by atoms with E-state index in [2.05, 4.69) is 4.98 Å². The molecule has 0 radical (unpaired) electrons. The Morgan fingerprint density at radius 3 is 2.61 bits per heavy atom. The number of hydrogen-bond acceptors (Lipinski definition) is 7. The third-order valence-corrected chi connectivity index (χ3v) is 3.04. The second-order valence-electron chi connectivity index (χ2n) is 4.39. The summed E-state index contributed by atoms with van der Waals surface area (Å²) in [6.45, 7) is 1.96. The van der Waals surface area contributed by atoms with E-state index in [1.807, 2.05) is 12.1 Å². The van der Waals surface area contributed by atoms with Crippen molar-refractivity contribution < 1.29 is 9.66 Å². The van der Waals surface area contributed by atoms with E-state index >= 15 is 0 Å². The summed E-state index contributed by atoms with van der Waals surface area (Å²) in [5.41, 5.74) is 6.09. The number of aromatic nitrogens is 1. The van der Waals surface area contributed by atoms with E-state index in [4.69, 9.17) is 10.5 Å². The van der Waals surface area contributed by atoms with Crippen LogP contribution >= 0.6 is 0 Å². The van der Waals surface area contributed by atoms with Crippen molar-refractivity contribution in [1.82, 2.24) is 4.98 Å². The van der Waals surface area contributed by atoms with Crippen LogP contribution in [0.15, 0.2) is 24.3 Å². The first-order chi connectivity index (χ1) is 11.0. The fourth-order valence-corrected chi connectivity index (χ4v) is 2.10. The number of non-ortho nitro benzene ring substituents is 1. The Labute approximate surface area is 131 Å². The molecule has 0 unspecified atom stereocenters. The van der Waals surface area contributed by atoms with E-state index in [1.54, 1.807) is 13.0 Å². The van der Waals surface area contributed by atoms with Crippen LogP contribution in [0, 0.1) is 32.8 Å². The first-order valence-corrected chi connectivity index (χ1v) is 6.54. The predicted octanol–water partition coefficient (Wildman–Crippen LogP) is 2.38. The lowest BCUT2D eigenvalue weighted by Crippen LogP contribution is -2.06. The molecule has 0 atom stereocenters. The molecule has 1 aromatic heterocycles. The number of nitrogens with zero attached hydrogens (tertiary/aromatic N) is 4.